The zero-order valence-electron chi connectivity index (χ0n) is 40.4. The van der Waals surface area contributed by atoms with Gasteiger partial charge in [-0.3, -0.25) is 4.79 Å². The van der Waals surface area contributed by atoms with Crippen molar-refractivity contribution in [1.29, 1.82) is 0 Å². The van der Waals surface area contributed by atoms with Gasteiger partial charge in [0, 0.05) is 11.8 Å². The number of ether oxygens (including phenoxy) is 3. The predicted molar refractivity (Wildman–Crippen MR) is 253 cm³/mol. The molecule has 0 aromatic rings. The third-order valence-corrected chi connectivity index (χ3v) is 17.9. The van der Waals surface area contributed by atoms with Crippen LogP contribution >= 0.6 is 0 Å². The van der Waals surface area contributed by atoms with Crippen molar-refractivity contribution in [3.05, 3.63) is 93.0 Å². The highest BCUT2D eigenvalue weighted by Gasteiger charge is 2.65. The first kappa shape index (κ1) is 45.4. The third-order valence-electron chi connectivity index (χ3n) is 17.9. The van der Waals surface area contributed by atoms with Gasteiger partial charge in [-0.2, -0.15) is 0 Å². The summed E-state index contributed by atoms with van der Waals surface area (Å²) in [5.74, 6) is 2.60. The van der Waals surface area contributed by atoms with Crippen LogP contribution in [0.5, 0.6) is 0 Å². The second kappa shape index (κ2) is 17.3. The second-order valence-corrected chi connectivity index (χ2v) is 21.9. The zero-order valence-corrected chi connectivity index (χ0v) is 40.4. The van der Waals surface area contributed by atoms with Gasteiger partial charge in [-0.1, -0.05) is 84.9 Å². The summed E-state index contributed by atoms with van der Waals surface area (Å²) < 4.78 is 18.7. The summed E-state index contributed by atoms with van der Waals surface area (Å²) >= 11 is 0. The van der Waals surface area contributed by atoms with E-state index in [4.69, 9.17) is 14.2 Å². The molecule has 0 aliphatic heterocycles. The number of esters is 3. The fourth-order valence-electron chi connectivity index (χ4n) is 14.2. The summed E-state index contributed by atoms with van der Waals surface area (Å²) in [6, 6.07) is 17.3. The lowest BCUT2D eigenvalue weighted by molar-refractivity contribution is -0.176. The summed E-state index contributed by atoms with van der Waals surface area (Å²) in [5.41, 5.74) is 12.4. The minimum Gasteiger partial charge on any atom is -0.469 e. The van der Waals surface area contributed by atoms with E-state index in [0.717, 1.165) is 102 Å². The molecule has 338 valence electrons. The number of carbonyl (C=O) groups is 3. The third kappa shape index (κ3) is 7.92. The lowest BCUT2D eigenvalue weighted by atomic mass is 9.43. The topological polar surface area (TPSA) is 78.9 Å². The van der Waals surface area contributed by atoms with Crippen LogP contribution in [0.2, 0.25) is 0 Å². The van der Waals surface area contributed by atoms with Gasteiger partial charge in [0.25, 0.3) is 0 Å². The number of fused-ring (bicyclic) bond motifs is 7. The van der Waals surface area contributed by atoms with Gasteiger partial charge < -0.3 is 14.2 Å². The molecule has 10 atom stereocenters. The van der Waals surface area contributed by atoms with E-state index in [1.165, 1.54) is 18.2 Å². The van der Waals surface area contributed by atoms with Crippen molar-refractivity contribution >= 4 is 17.9 Å². The van der Waals surface area contributed by atoms with Crippen LogP contribution in [0.15, 0.2) is 48.5 Å². The van der Waals surface area contributed by atoms with E-state index >= 15 is 0 Å². The number of hydrogen-bond donors (Lipinski definition) is 0. The smallest absolute Gasteiger partial charge is 0.339 e. The van der Waals surface area contributed by atoms with Gasteiger partial charge >= 0.3 is 17.9 Å². The summed E-state index contributed by atoms with van der Waals surface area (Å²) in [6.07, 6.45) is 8.84. The molecule has 0 radical (unpaired) electrons. The molecule has 0 bridgehead atoms. The van der Waals surface area contributed by atoms with Crippen molar-refractivity contribution in [2.45, 2.75) is 164 Å². The highest BCUT2D eigenvalue weighted by atomic mass is 16.5. The van der Waals surface area contributed by atoms with E-state index in [2.05, 4.69) is 119 Å². The summed E-state index contributed by atoms with van der Waals surface area (Å²) in [4.78, 5) is 41.4. The van der Waals surface area contributed by atoms with Crippen LogP contribution in [-0.4, -0.2) is 37.2 Å². The molecule has 6 heteroatoms. The number of rotatable bonds is 10. The van der Waals surface area contributed by atoms with Gasteiger partial charge in [-0.05, 0) is 206 Å². The summed E-state index contributed by atoms with van der Waals surface area (Å²) in [5, 5.41) is 0. The maximum atomic E-state index is 14.9. The molecule has 0 N–H and O–H groups in total. The predicted octanol–water partition coefficient (Wildman–Crippen LogP) is 14.0. The number of carbonyl (C=O) groups excluding carboxylic acids is 3. The highest BCUT2D eigenvalue weighted by Crippen LogP contribution is 2.69. The van der Waals surface area contributed by atoms with Crippen LogP contribution in [0.25, 0.3) is 22.3 Å². The van der Waals surface area contributed by atoms with Gasteiger partial charge in [-0.25, -0.2) is 9.59 Å². The summed E-state index contributed by atoms with van der Waals surface area (Å²) in [7, 11) is 1.47. The average molecular weight is 855 g/mol. The van der Waals surface area contributed by atoms with Crippen LogP contribution in [0.3, 0.4) is 0 Å². The Hall–Kier alpha value is -4.19. The van der Waals surface area contributed by atoms with E-state index in [1.807, 2.05) is 6.07 Å². The first-order valence-corrected chi connectivity index (χ1v) is 24.4. The van der Waals surface area contributed by atoms with Crippen molar-refractivity contribution in [1.82, 2.24) is 0 Å². The van der Waals surface area contributed by atoms with Gasteiger partial charge in [0.1, 0.15) is 12.2 Å². The molecule has 0 spiro atoms. The molecule has 8 rings (SSSR count). The minimum atomic E-state index is -0.251. The molecule has 4 saturated carbocycles. The quantitative estimate of drug-likeness (QED) is 0.117. The Morgan fingerprint density at radius 1 is 0.667 bits per heavy atom. The maximum absolute atomic E-state index is 14.9. The van der Waals surface area contributed by atoms with E-state index in [-0.39, 0.29) is 40.9 Å². The Kier molecular flexibility index (Phi) is 12.5. The largest absolute Gasteiger partial charge is 0.469 e. The first-order valence-electron chi connectivity index (χ1n) is 24.4. The monoisotopic (exact) mass is 855 g/mol. The fourth-order valence-corrected chi connectivity index (χ4v) is 14.2. The normalized spacial score (nSPS) is 29.6. The molecular formula is C57H74O6. The van der Waals surface area contributed by atoms with E-state index in [0.29, 0.717) is 64.9 Å². The average Bonchev–Trinajstić information content (AvgIpc) is 3.79. The lowest BCUT2D eigenvalue weighted by Gasteiger charge is -2.62. The van der Waals surface area contributed by atoms with Crippen LogP contribution in [0.1, 0.15) is 179 Å². The van der Waals surface area contributed by atoms with Crippen molar-refractivity contribution in [2.75, 3.05) is 7.11 Å². The minimum absolute atomic E-state index is 0.0504. The second-order valence-electron chi connectivity index (χ2n) is 21.9. The molecule has 8 aliphatic carbocycles. The zero-order chi connectivity index (χ0) is 45.3. The Labute approximate surface area is 378 Å². The van der Waals surface area contributed by atoms with Gasteiger partial charge in [-0.15, -0.1) is 0 Å². The fraction of sp³-hybridized carbons (Fsp3) is 0.596. The Morgan fingerprint density at radius 3 is 1.79 bits per heavy atom. The maximum Gasteiger partial charge on any atom is 0.339 e. The number of methoxy groups -OCH3 is 1. The number of hydrogen-bond acceptors (Lipinski definition) is 6. The Balaban J connectivity index is 1.07. The van der Waals surface area contributed by atoms with E-state index in [1.54, 1.807) is 0 Å². The Morgan fingerprint density at radius 2 is 1.24 bits per heavy atom. The molecule has 6 nitrogen and oxygen atoms in total. The van der Waals surface area contributed by atoms with Gasteiger partial charge in [0.2, 0.25) is 0 Å². The number of aryl methyl sites for hydroxylation is 4. The van der Waals surface area contributed by atoms with Crippen molar-refractivity contribution in [3.63, 3.8) is 0 Å². The van der Waals surface area contributed by atoms with E-state index < -0.39 is 0 Å². The van der Waals surface area contributed by atoms with Crippen LogP contribution in [-0.2, 0) is 19.0 Å². The van der Waals surface area contributed by atoms with Crippen LogP contribution < -0.4 is 0 Å². The molecule has 8 aliphatic rings. The highest BCUT2D eigenvalue weighted by molar-refractivity contribution is 6.02. The molecule has 0 saturated heterocycles. The molecule has 0 aromatic carbocycles. The molecule has 0 aromatic heterocycles. The Bertz CT molecular complexity index is 2320. The van der Waals surface area contributed by atoms with E-state index in [9.17, 15) is 14.4 Å². The first-order chi connectivity index (χ1) is 29.9. The van der Waals surface area contributed by atoms with Crippen molar-refractivity contribution in [2.24, 2.45) is 46.3 Å². The molecule has 0 heterocycles. The van der Waals surface area contributed by atoms with Gasteiger partial charge in [0.15, 0.2) is 0 Å². The van der Waals surface area contributed by atoms with Crippen LogP contribution in [0, 0.1) is 74.0 Å². The van der Waals surface area contributed by atoms with Crippen molar-refractivity contribution < 1.29 is 28.6 Å². The SMILES string of the molecule is COC(=O)CC[C@@H](C)[C@H]1CC[C@H]2[C@@H]3CC[C@@H]4C[C@H](OC(=O)c5cc(C)c6cc(C(C)C)ccc(C)c5-6)CC[C@]4(C)[C@H]3C[C@H](OC(=O)c3cc(C)c4cc(C(C)C)ccc(C)c3-4)[C@]12C. The molecule has 0 amide bonds. The van der Waals surface area contributed by atoms with Crippen LogP contribution in [0.4, 0.5) is 0 Å². The molecule has 4 fully saturated rings. The standard InChI is InChI=1S/C57H74O6/c1-31(2)38-16-13-34(6)52-43(27-38)36(8)25-45(52)54(59)62-41-23-24-56(10)40(29-41)18-19-42-48-21-20-47(33(5)15-22-51(58)61-12)57(48,11)50(30-49(42)56)63-55(60)46-26-37(9)44-28-39(32(3)4)17-14-35(7)53(44)46/h13-14,16-17,25-28,31-33,40-42,47-50H,15,18-24,29-30H2,1-12H3/t33-,40-,41-,42+,47-,48+,49+,50+,56+,57-/m1/s1. The molecule has 63 heavy (non-hydrogen) atoms. The van der Waals surface area contributed by atoms with Gasteiger partial charge in [0.05, 0.1) is 18.2 Å². The lowest BCUT2D eigenvalue weighted by Crippen LogP contribution is -2.59. The summed E-state index contributed by atoms with van der Waals surface area (Å²) in [6.45, 7) is 24.6. The van der Waals surface area contributed by atoms with Crippen molar-refractivity contribution in [3.8, 4) is 22.3 Å². The molecule has 0 unspecified atom stereocenters. The molecular weight excluding hydrogens is 781 g/mol.